The summed E-state index contributed by atoms with van der Waals surface area (Å²) in [5.41, 5.74) is 1.09. The zero-order valence-corrected chi connectivity index (χ0v) is 13.3. The SMILES string of the molecule is CCC(C)(C)CC(C)(CC)C[PH](C)(C)C. The second-order valence-electron chi connectivity index (χ2n) is 7.60. The van der Waals surface area contributed by atoms with Gasteiger partial charge in [0.1, 0.15) is 0 Å². The third kappa shape index (κ3) is 6.56. The van der Waals surface area contributed by atoms with Crippen molar-refractivity contribution in [2.24, 2.45) is 10.8 Å². The van der Waals surface area contributed by atoms with Crippen LogP contribution in [0.15, 0.2) is 0 Å². The molecule has 1 heteroatoms. The van der Waals surface area contributed by atoms with Crippen LogP contribution in [0.1, 0.15) is 53.9 Å². The van der Waals surface area contributed by atoms with Crippen LogP contribution < -0.4 is 0 Å². The molecule has 0 aliphatic heterocycles. The van der Waals surface area contributed by atoms with E-state index in [0.717, 1.165) is 0 Å². The zero-order valence-electron chi connectivity index (χ0n) is 12.3. The Hall–Kier alpha value is 0.430. The van der Waals surface area contributed by atoms with Crippen molar-refractivity contribution in [3.8, 4) is 0 Å². The predicted molar refractivity (Wildman–Crippen MR) is 78.0 cm³/mol. The van der Waals surface area contributed by atoms with Gasteiger partial charge in [-0.05, 0) is 0 Å². The van der Waals surface area contributed by atoms with E-state index in [1.165, 1.54) is 25.4 Å². The molecule has 0 saturated carbocycles. The van der Waals surface area contributed by atoms with Gasteiger partial charge in [0.15, 0.2) is 0 Å². The summed E-state index contributed by atoms with van der Waals surface area (Å²) < 4.78 is 0. The Morgan fingerprint density at radius 3 is 1.60 bits per heavy atom. The van der Waals surface area contributed by atoms with Crippen molar-refractivity contribution >= 4 is 7.26 Å². The molecule has 0 nitrogen and oxygen atoms in total. The standard InChI is InChI=1S/C14H33P/c1-9-13(3,4)11-14(5,10-2)12-15(6,7)8/h15H,9-12H2,1-8H3. The van der Waals surface area contributed by atoms with E-state index in [9.17, 15) is 0 Å². The molecule has 0 aromatic heterocycles. The minimum atomic E-state index is -0.926. The van der Waals surface area contributed by atoms with Gasteiger partial charge in [0, 0.05) is 0 Å². The Morgan fingerprint density at radius 2 is 1.33 bits per heavy atom. The molecule has 1 atom stereocenters. The topological polar surface area (TPSA) is 0 Å². The molecule has 0 aliphatic rings. The average molecular weight is 232 g/mol. The van der Waals surface area contributed by atoms with Crippen LogP contribution in [0.2, 0.25) is 0 Å². The molecule has 1 unspecified atom stereocenters. The average Bonchev–Trinajstić information content (AvgIpc) is 2.00. The van der Waals surface area contributed by atoms with Crippen molar-refractivity contribution in [1.29, 1.82) is 0 Å². The molecule has 0 rings (SSSR count). The molecule has 0 aliphatic carbocycles. The molecule has 0 aromatic carbocycles. The van der Waals surface area contributed by atoms with Crippen LogP contribution in [0.25, 0.3) is 0 Å². The monoisotopic (exact) mass is 232 g/mol. The van der Waals surface area contributed by atoms with Gasteiger partial charge < -0.3 is 0 Å². The molecular formula is C14H33P. The fraction of sp³-hybridized carbons (Fsp3) is 1.00. The molecule has 0 radical (unpaired) electrons. The van der Waals surface area contributed by atoms with Crippen LogP contribution in [0, 0.1) is 10.8 Å². The van der Waals surface area contributed by atoms with Crippen molar-refractivity contribution < 1.29 is 0 Å². The van der Waals surface area contributed by atoms with E-state index in [4.69, 9.17) is 0 Å². The summed E-state index contributed by atoms with van der Waals surface area (Å²) in [6.45, 7) is 19.5. The maximum absolute atomic E-state index is 2.50. The van der Waals surface area contributed by atoms with Crippen LogP contribution in [0.5, 0.6) is 0 Å². The first-order chi connectivity index (χ1) is 6.54. The van der Waals surface area contributed by atoms with Gasteiger partial charge in [0.05, 0.1) is 0 Å². The molecule has 0 aromatic rings. The molecule has 0 spiro atoms. The van der Waals surface area contributed by atoms with E-state index in [0.29, 0.717) is 10.8 Å². The van der Waals surface area contributed by atoms with Gasteiger partial charge in [0.25, 0.3) is 0 Å². The third-order valence-corrected chi connectivity index (χ3v) is 5.59. The quantitative estimate of drug-likeness (QED) is 0.573. The van der Waals surface area contributed by atoms with Crippen molar-refractivity contribution in [2.75, 3.05) is 26.2 Å². The first-order valence-corrected chi connectivity index (χ1v) is 10.2. The molecule has 0 bridgehead atoms. The summed E-state index contributed by atoms with van der Waals surface area (Å²) in [5, 5.41) is 0. The molecule has 94 valence electrons. The summed E-state index contributed by atoms with van der Waals surface area (Å²) >= 11 is 0. The van der Waals surface area contributed by atoms with E-state index < -0.39 is 7.26 Å². The number of hydrogen-bond donors (Lipinski definition) is 0. The van der Waals surface area contributed by atoms with Crippen LogP contribution in [-0.4, -0.2) is 26.2 Å². The molecule has 0 fully saturated rings. The zero-order chi connectivity index (χ0) is 12.3. The van der Waals surface area contributed by atoms with Crippen LogP contribution in [0.4, 0.5) is 0 Å². The number of rotatable bonds is 6. The molecule has 0 N–H and O–H groups in total. The molecule has 0 amide bonds. The minimum absolute atomic E-state index is 0.518. The van der Waals surface area contributed by atoms with Crippen molar-refractivity contribution in [3.05, 3.63) is 0 Å². The molecule has 0 saturated heterocycles. The van der Waals surface area contributed by atoms with Crippen molar-refractivity contribution in [1.82, 2.24) is 0 Å². The molecule has 15 heavy (non-hydrogen) atoms. The predicted octanol–water partition coefficient (Wildman–Crippen LogP) is 4.87. The summed E-state index contributed by atoms with van der Waals surface area (Å²) in [5.74, 6) is 0. The van der Waals surface area contributed by atoms with Crippen molar-refractivity contribution in [3.63, 3.8) is 0 Å². The van der Waals surface area contributed by atoms with Gasteiger partial charge in [-0.2, -0.15) is 0 Å². The van der Waals surface area contributed by atoms with Gasteiger partial charge in [-0.25, -0.2) is 0 Å². The Labute approximate surface area is 98.6 Å². The Morgan fingerprint density at radius 1 is 0.867 bits per heavy atom. The Balaban J connectivity index is 4.58. The van der Waals surface area contributed by atoms with Crippen molar-refractivity contribution in [2.45, 2.75) is 53.9 Å². The van der Waals surface area contributed by atoms with Crippen LogP contribution >= 0.6 is 7.26 Å². The Bertz CT molecular complexity index is 188. The second kappa shape index (κ2) is 5.17. The summed E-state index contributed by atoms with van der Waals surface area (Å²) in [6.07, 6.45) is 5.49. The molecular weight excluding hydrogens is 199 g/mol. The van der Waals surface area contributed by atoms with E-state index in [-0.39, 0.29) is 0 Å². The van der Waals surface area contributed by atoms with Gasteiger partial charge in [-0.1, -0.05) is 0 Å². The first-order valence-electron chi connectivity index (χ1n) is 6.54. The summed E-state index contributed by atoms with van der Waals surface area (Å²) in [6, 6.07) is 0. The normalized spacial score (nSPS) is 18.7. The first kappa shape index (κ1) is 15.4. The molecule has 0 heterocycles. The fourth-order valence-corrected chi connectivity index (χ4v) is 5.81. The van der Waals surface area contributed by atoms with Gasteiger partial charge >= 0.3 is 98.1 Å². The van der Waals surface area contributed by atoms with Crippen LogP contribution in [-0.2, 0) is 0 Å². The fourth-order valence-electron chi connectivity index (χ4n) is 2.87. The van der Waals surface area contributed by atoms with Gasteiger partial charge in [-0.3, -0.25) is 0 Å². The van der Waals surface area contributed by atoms with E-state index in [2.05, 4.69) is 54.6 Å². The van der Waals surface area contributed by atoms with Gasteiger partial charge in [-0.15, -0.1) is 0 Å². The number of hydrogen-bond acceptors (Lipinski definition) is 0. The third-order valence-electron chi connectivity index (χ3n) is 3.67. The van der Waals surface area contributed by atoms with Gasteiger partial charge in [0.2, 0.25) is 0 Å². The Kier molecular flexibility index (Phi) is 5.32. The van der Waals surface area contributed by atoms with Crippen LogP contribution in [0.3, 0.4) is 0 Å². The van der Waals surface area contributed by atoms with E-state index in [1.807, 2.05) is 0 Å². The summed E-state index contributed by atoms with van der Waals surface area (Å²) in [7, 11) is -0.926. The maximum atomic E-state index is 2.50. The summed E-state index contributed by atoms with van der Waals surface area (Å²) in [4.78, 5) is 0. The second-order valence-corrected chi connectivity index (χ2v) is 13.1. The van der Waals surface area contributed by atoms with E-state index >= 15 is 0 Å². The van der Waals surface area contributed by atoms with E-state index in [1.54, 1.807) is 0 Å².